The first-order chi connectivity index (χ1) is 15.6. The number of rotatable bonds is 9. The van der Waals surface area contributed by atoms with Crippen molar-refractivity contribution in [3.8, 4) is 5.75 Å². The molecule has 3 N–H and O–H groups in total. The van der Waals surface area contributed by atoms with Gasteiger partial charge in [-0.05, 0) is 64.1 Å². The van der Waals surface area contributed by atoms with Crippen LogP contribution in [0.2, 0.25) is 0 Å². The smallest absolute Gasteiger partial charge is 0.439 e. The maximum absolute atomic E-state index is 13.1. The summed E-state index contributed by atoms with van der Waals surface area (Å²) in [6.07, 6.45) is -6.92. The summed E-state index contributed by atoms with van der Waals surface area (Å²) < 4.78 is 54.7. The van der Waals surface area contributed by atoms with Crippen LogP contribution in [-0.4, -0.2) is 42.1 Å². The maximum atomic E-state index is 13.1. The van der Waals surface area contributed by atoms with Gasteiger partial charge in [0.05, 0.1) is 25.3 Å². The minimum atomic E-state index is -4.95. The molecule has 0 saturated carbocycles. The minimum Gasteiger partial charge on any atom is -0.497 e. The number of thioether (sulfide) groups is 1. The number of hydrogen-bond donors (Lipinski definition) is 3. The van der Waals surface area contributed by atoms with Crippen LogP contribution in [0.3, 0.4) is 0 Å². The third-order valence-corrected chi connectivity index (χ3v) is 4.69. The van der Waals surface area contributed by atoms with Crippen LogP contribution in [0.25, 0.3) is 0 Å². The van der Waals surface area contributed by atoms with Gasteiger partial charge in [-0.3, -0.25) is 15.5 Å². The van der Waals surface area contributed by atoms with Crippen molar-refractivity contribution in [1.29, 1.82) is 5.41 Å². The van der Waals surface area contributed by atoms with Gasteiger partial charge in [0.15, 0.2) is 5.04 Å². The van der Waals surface area contributed by atoms with E-state index in [1.165, 1.54) is 7.11 Å². The van der Waals surface area contributed by atoms with Crippen molar-refractivity contribution in [3.05, 3.63) is 40.6 Å². The third kappa shape index (κ3) is 11.3. The largest absolute Gasteiger partial charge is 0.497 e. The highest BCUT2D eigenvalue weighted by Crippen LogP contribution is 2.30. The molecule has 0 fully saturated rings. The van der Waals surface area contributed by atoms with Gasteiger partial charge in [-0.1, -0.05) is 12.1 Å². The molecule has 1 aromatic carbocycles. The average molecular weight is 506 g/mol. The Morgan fingerprint density at radius 1 is 1.12 bits per heavy atom. The van der Waals surface area contributed by atoms with Gasteiger partial charge in [0.2, 0.25) is 0 Å². The number of esters is 1. The molecule has 0 aliphatic rings. The van der Waals surface area contributed by atoms with Gasteiger partial charge in [-0.25, -0.2) is 4.79 Å². The van der Waals surface area contributed by atoms with E-state index in [4.69, 9.17) is 19.6 Å². The molecular formula is C22H30F3N3O5S. The van der Waals surface area contributed by atoms with Crippen LogP contribution in [0.15, 0.2) is 35.0 Å². The lowest BCUT2D eigenvalue weighted by Gasteiger charge is -2.22. The molecule has 0 aromatic heterocycles. The van der Waals surface area contributed by atoms with Crippen LogP contribution in [0.1, 0.15) is 46.6 Å². The highest BCUT2D eigenvalue weighted by atomic mass is 32.2. The standard InChI is InChI=1S/C22H30F3N3O5S/c1-13(2)32-17(29)11-16(27-12-14-7-9-15(31-6)10-8-14)18(34-19(26)22(23,24)25)28-20(30)33-21(3,4)5/h7-10,13,26-27H,11-12H2,1-6H3,(H,28,30)/b18-16-,26-19?. The highest BCUT2D eigenvalue weighted by molar-refractivity contribution is 8.17. The second-order valence-electron chi connectivity index (χ2n) is 8.28. The Bertz CT molecular complexity index is 895. The maximum Gasteiger partial charge on any atom is 0.439 e. The quantitative estimate of drug-likeness (QED) is 0.244. The Labute approximate surface area is 201 Å². The SMILES string of the molecule is COc1ccc(CN/C(CC(=O)OC(C)C)=C(/NC(=O)OC(C)(C)C)SC(=N)C(F)(F)F)cc1. The number of carbonyl (C=O) groups excluding carboxylic acids is 2. The van der Waals surface area contributed by atoms with Gasteiger partial charge in [0, 0.05) is 6.54 Å². The molecular weight excluding hydrogens is 475 g/mol. The molecule has 1 aromatic rings. The topological polar surface area (TPSA) is 110 Å². The van der Waals surface area contributed by atoms with Crippen molar-refractivity contribution in [3.63, 3.8) is 0 Å². The predicted octanol–water partition coefficient (Wildman–Crippen LogP) is 5.09. The van der Waals surface area contributed by atoms with Gasteiger partial charge >= 0.3 is 18.2 Å². The summed E-state index contributed by atoms with van der Waals surface area (Å²) in [5, 5.41) is 10.4. The van der Waals surface area contributed by atoms with Crippen LogP contribution in [-0.2, 0) is 20.8 Å². The van der Waals surface area contributed by atoms with Crippen LogP contribution < -0.4 is 15.4 Å². The van der Waals surface area contributed by atoms with E-state index in [0.717, 1.165) is 5.56 Å². The fourth-order valence-electron chi connectivity index (χ4n) is 2.34. The van der Waals surface area contributed by atoms with Gasteiger partial charge in [-0.15, -0.1) is 0 Å². The molecule has 0 unspecified atom stereocenters. The summed E-state index contributed by atoms with van der Waals surface area (Å²) in [5.74, 6) is -0.114. The third-order valence-electron chi connectivity index (χ3n) is 3.70. The second kappa shape index (κ2) is 12.5. The average Bonchev–Trinajstić information content (AvgIpc) is 2.68. The zero-order valence-electron chi connectivity index (χ0n) is 19.9. The number of hydrogen-bond acceptors (Lipinski definition) is 8. The second-order valence-corrected chi connectivity index (χ2v) is 9.30. The summed E-state index contributed by atoms with van der Waals surface area (Å²) in [4.78, 5) is 24.6. The van der Waals surface area contributed by atoms with Crippen molar-refractivity contribution in [2.24, 2.45) is 0 Å². The lowest BCUT2D eigenvalue weighted by Crippen LogP contribution is -2.34. The van der Waals surface area contributed by atoms with Crippen LogP contribution >= 0.6 is 11.8 Å². The minimum absolute atomic E-state index is 0.0481. The zero-order valence-corrected chi connectivity index (χ0v) is 20.7. The lowest BCUT2D eigenvalue weighted by molar-refractivity contribution is -0.146. The van der Waals surface area contributed by atoms with Crippen molar-refractivity contribution in [1.82, 2.24) is 10.6 Å². The number of alkyl carbamates (subject to hydrolysis) is 1. The Balaban J connectivity index is 3.33. The molecule has 0 aliphatic carbocycles. The van der Waals surface area contributed by atoms with Crippen molar-refractivity contribution >= 4 is 28.9 Å². The Morgan fingerprint density at radius 2 is 1.71 bits per heavy atom. The highest BCUT2D eigenvalue weighted by Gasteiger charge is 2.37. The molecule has 0 saturated heterocycles. The predicted molar refractivity (Wildman–Crippen MR) is 123 cm³/mol. The van der Waals surface area contributed by atoms with Crippen molar-refractivity contribution < 1.29 is 37.0 Å². The summed E-state index contributed by atoms with van der Waals surface area (Å²) in [5.41, 5.74) is -0.264. The van der Waals surface area contributed by atoms with Crippen molar-refractivity contribution in [2.45, 2.75) is 65.5 Å². The van der Waals surface area contributed by atoms with Crippen LogP contribution in [0.5, 0.6) is 5.75 Å². The fraction of sp³-hybridized carbons (Fsp3) is 0.500. The van der Waals surface area contributed by atoms with Gasteiger partial charge in [0.25, 0.3) is 0 Å². The molecule has 0 spiro atoms. The Kier molecular flexibility index (Phi) is 10.7. The molecule has 0 bridgehead atoms. The number of amides is 1. The first-order valence-corrected chi connectivity index (χ1v) is 11.1. The summed E-state index contributed by atoms with van der Waals surface area (Å²) in [7, 11) is 1.51. The molecule has 8 nitrogen and oxygen atoms in total. The van der Waals surface area contributed by atoms with E-state index in [1.807, 2.05) is 0 Å². The normalized spacial score (nSPS) is 12.5. The number of carbonyl (C=O) groups is 2. The number of methoxy groups -OCH3 is 1. The lowest BCUT2D eigenvalue weighted by atomic mass is 10.2. The van der Waals surface area contributed by atoms with E-state index in [-0.39, 0.29) is 24.0 Å². The molecule has 1 rings (SSSR count). The molecule has 0 aliphatic heterocycles. The summed E-state index contributed by atoms with van der Waals surface area (Å²) >= 11 is -0.0481. The van der Waals surface area contributed by atoms with E-state index in [1.54, 1.807) is 58.9 Å². The molecule has 190 valence electrons. The summed E-state index contributed by atoms with van der Waals surface area (Å²) in [6.45, 7) is 8.12. The van der Waals surface area contributed by atoms with E-state index >= 15 is 0 Å². The first-order valence-electron chi connectivity index (χ1n) is 10.2. The van der Waals surface area contributed by atoms with Crippen molar-refractivity contribution in [2.75, 3.05) is 7.11 Å². The number of benzene rings is 1. The number of alkyl halides is 3. The molecule has 34 heavy (non-hydrogen) atoms. The van der Waals surface area contributed by atoms with E-state index in [0.29, 0.717) is 5.75 Å². The number of ether oxygens (including phenoxy) is 3. The Morgan fingerprint density at radius 3 is 2.18 bits per heavy atom. The zero-order chi connectivity index (χ0) is 26.1. The molecule has 0 atom stereocenters. The number of halogens is 3. The van der Waals surface area contributed by atoms with Gasteiger partial charge < -0.3 is 19.5 Å². The fourth-order valence-corrected chi connectivity index (χ4v) is 3.06. The molecule has 0 radical (unpaired) electrons. The van der Waals surface area contributed by atoms with E-state index < -0.39 is 46.4 Å². The van der Waals surface area contributed by atoms with Crippen LogP contribution in [0.4, 0.5) is 18.0 Å². The first kappa shape index (κ1) is 29.1. The van der Waals surface area contributed by atoms with E-state index in [9.17, 15) is 22.8 Å². The Hall–Kier alpha value is -2.89. The van der Waals surface area contributed by atoms with Crippen LogP contribution in [0, 0.1) is 5.41 Å². The molecule has 0 heterocycles. The van der Waals surface area contributed by atoms with E-state index in [2.05, 4.69) is 10.6 Å². The molecule has 12 heteroatoms. The molecule has 1 amide bonds. The van der Waals surface area contributed by atoms with Gasteiger partial charge in [0.1, 0.15) is 16.4 Å². The number of nitrogens with one attached hydrogen (secondary N) is 3. The van der Waals surface area contributed by atoms with Gasteiger partial charge in [-0.2, -0.15) is 13.2 Å². The monoisotopic (exact) mass is 505 g/mol. The summed E-state index contributed by atoms with van der Waals surface area (Å²) in [6, 6.07) is 6.84.